The van der Waals surface area contributed by atoms with Gasteiger partial charge in [-0.3, -0.25) is 0 Å². The molecule has 7 aromatic rings. The highest BCUT2D eigenvalue weighted by atomic mass is 16.5. The molecule has 0 aliphatic carbocycles. The van der Waals surface area contributed by atoms with Crippen LogP contribution < -0.4 is 14.2 Å². The Morgan fingerprint density at radius 2 is 0.647 bits per heavy atom. The van der Waals surface area contributed by atoms with Crippen molar-refractivity contribution in [3.8, 4) is 17.2 Å². The van der Waals surface area contributed by atoms with Crippen LogP contribution in [0.5, 0.6) is 17.2 Å². The average molecular weight is 917 g/mol. The fourth-order valence-corrected chi connectivity index (χ4v) is 6.60. The summed E-state index contributed by atoms with van der Waals surface area (Å²) in [7, 11) is 0. The first kappa shape index (κ1) is 60.0. The summed E-state index contributed by atoms with van der Waals surface area (Å²) in [5.74, 6) is 2.59. The van der Waals surface area contributed by atoms with E-state index in [1.807, 2.05) is 69.3 Å². The van der Waals surface area contributed by atoms with E-state index in [9.17, 15) is 0 Å². The van der Waals surface area contributed by atoms with E-state index in [0.717, 1.165) is 36.7 Å². The second-order valence-corrected chi connectivity index (χ2v) is 16.7. The molecule has 0 aliphatic rings. The molecule has 0 spiro atoms. The van der Waals surface area contributed by atoms with Gasteiger partial charge in [0.1, 0.15) is 5.75 Å². The third-order valence-corrected chi connectivity index (χ3v) is 10.6. The molecule has 0 atom stereocenters. The van der Waals surface area contributed by atoms with E-state index in [2.05, 4.69) is 197 Å². The molecule has 0 heterocycles. The third-order valence-electron chi connectivity index (χ3n) is 10.6. The summed E-state index contributed by atoms with van der Waals surface area (Å²) in [5.41, 5.74) is 15.3. The molecule has 7 rings (SSSR count). The monoisotopic (exact) mass is 917 g/mol. The predicted octanol–water partition coefficient (Wildman–Crippen LogP) is 18.2. The highest BCUT2D eigenvalue weighted by Crippen LogP contribution is 2.26. The Hall–Kier alpha value is -6.06. The van der Waals surface area contributed by atoms with E-state index in [1.54, 1.807) is 0 Å². The summed E-state index contributed by atoms with van der Waals surface area (Å²) >= 11 is 0. The molecular formula is C65H88O3. The molecule has 0 fully saturated rings. The lowest BCUT2D eigenvalue weighted by molar-refractivity contribution is 0.288. The van der Waals surface area contributed by atoms with Crippen molar-refractivity contribution in [2.45, 2.75) is 135 Å². The number of rotatable bonds is 12. The number of aryl methyl sites for hydroxylation is 11. The average Bonchev–Trinajstić information content (AvgIpc) is 3.34. The second-order valence-electron chi connectivity index (χ2n) is 16.7. The van der Waals surface area contributed by atoms with E-state index in [0.29, 0.717) is 13.2 Å². The van der Waals surface area contributed by atoms with Crippen LogP contribution in [0, 0.1) is 48.5 Å². The van der Waals surface area contributed by atoms with Crippen LogP contribution in [-0.4, -0.2) is 19.8 Å². The van der Waals surface area contributed by atoms with Gasteiger partial charge in [0.25, 0.3) is 0 Å². The maximum atomic E-state index is 5.36. The van der Waals surface area contributed by atoms with Crippen LogP contribution in [-0.2, 0) is 25.7 Å². The topological polar surface area (TPSA) is 27.7 Å². The number of hydrogen-bond acceptors (Lipinski definition) is 3. The molecule has 0 saturated carbocycles. The van der Waals surface area contributed by atoms with Gasteiger partial charge in [0.15, 0.2) is 11.5 Å². The number of para-hydroxylation sites is 2. The minimum absolute atomic E-state index is 0.671. The quantitative estimate of drug-likeness (QED) is 0.122. The minimum Gasteiger partial charge on any atom is -0.494 e. The van der Waals surface area contributed by atoms with Gasteiger partial charge >= 0.3 is 0 Å². The molecular weight excluding hydrogens is 829 g/mol. The standard InChI is InChI=1S/C12H18.C10H14O2.C10H14.C9H12O.3C8H10/c1-3-5-11-7-9-12(6-4-2)10-8-11;1-3-11-9-7-5-6-8-10(9)12-4-2;1-3-9-7-5-6-8-10(9)4-2;1-3-10-9-6-4-8(2)5-7-9;1-7-3-5-8(2)6-4-7;1-7-4-3-5-8(2)6-7;1-7-5-3-4-6-8(7)2/h7-10H,3-6H2,1-2H3;5-8H,3-4H2,1-2H3;5-8H,3-4H2,1-2H3;4-7H,3H2,1-2H3;3*3-6H,1-2H3. The Morgan fingerprint density at radius 1 is 0.309 bits per heavy atom. The Balaban J connectivity index is 0.000000399. The van der Waals surface area contributed by atoms with Gasteiger partial charge in [0.05, 0.1) is 19.8 Å². The Kier molecular flexibility index (Phi) is 33.5. The zero-order valence-electron chi connectivity index (χ0n) is 44.8. The fourth-order valence-electron chi connectivity index (χ4n) is 6.60. The molecule has 3 heteroatoms. The van der Waals surface area contributed by atoms with Gasteiger partial charge in [0.2, 0.25) is 0 Å². The van der Waals surface area contributed by atoms with Crippen molar-refractivity contribution in [2.75, 3.05) is 19.8 Å². The first-order valence-electron chi connectivity index (χ1n) is 25.1. The van der Waals surface area contributed by atoms with Crippen molar-refractivity contribution >= 4 is 0 Å². The van der Waals surface area contributed by atoms with Gasteiger partial charge < -0.3 is 14.2 Å². The third kappa shape index (κ3) is 28.2. The van der Waals surface area contributed by atoms with Crippen molar-refractivity contribution in [2.24, 2.45) is 0 Å². The van der Waals surface area contributed by atoms with Gasteiger partial charge in [-0.2, -0.15) is 0 Å². The minimum atomic E-state index is 0.671. The van der Waals surface area contributed by atoms with Gasteiger partial charge in [-0.1, -0.05) is 214 Å². The Labute approximate surface area is 416 Å². The lowest BCUT2D eigenvalue weighted by Gasteiger charge is -2.09. The van der Waals surface area contributed by atoms with Crippen molar-refractivity contribution in [1.82, 2.24) is 0 Å². The van der Waals surface area contributed by atoms with Crippen molar-refractivity contribution in [3.63, 3.8) is 0 Å². The molecule has 0 radical (unpaired) electrons. The fraction of sp³-hybridized carbons (Fsp3) is 0.354. The molecule has 0 bridgehead atoms. The van der Waals surface area contributed by atoms with Crippen LogP contribution in [0.4, 0.5) is 0 Å². The van der Waals surface area contributed by atoms with E-state index in [4.69, 9.17) is 14.2 Å². The largest absolute Gasteiger partial charge is 0.494 e. The molecule has 3 nitrogen and oxygen atoms in total. The van der Waals surface area contributed by atoms with E-state index < -0.39 is 0 Å². The molecule has 68 heavy (non-hydrogen) atoms. The van der Waals surface area contributed by atoms with Crippen LogP contribution >= 0.6 is 0 Å². The van der Waals surface area contributed by atoms with Crippen LogP contribution in [0.25, 0.3) is 0 Å². The maximum Gasteiger partial charge on any atom is 0.161 e. The van der Waals surface area contributed by atoms with Crippen molar-refractivity contribution in [1.29, 1.82) is 0 Å². The molecule has 0 aliphatic heterocycles. The first-order chi connectivity index (χ1) is 32.8. The van der Waals surface area contributed by atoms with E-state index in [1.165, 1.54) is 86.9 Å². The molecule has 0 unspecified atom stereocenters. The van der Waals surface area contributed by atoms with Crippen molar-refractivity contribution < 1.29 is 14.2 Å². The smallest absolute Gasteiger partial charge is 0.161 e. The van der Waals surface area contributed by atoms with Crippen LogP contribution in [0.1, 0.15) is 123 Å². The highest BCUT2D eigenvalue weighted by molar-refractivity contribution is 5.39. The summed E-state index contributed by atoms with van der Waals surface area (Å²) < 4.78 is 16.0. The number of ether oxygens (including phenoxy) is 3. The normalized spacial score (nSPS) is 9.56. The van der Waals surface area contributed by atoms with E-state index >= 15 is 0 Å². The molecule has 0 N–H and O–H groups in total. The zero-order chi connectivity index (χ0) is 50.4. The SMILES string of the molecule is CCCc1ccc(CCC)cc1.CCOc1ccc(C)cc1.CCOc1ccccc1OCC.CCc1ccccc1CC.Cc1ccc(C)cc1.Cc1cccc(C)c1.Cc1ccccc1C. The molecule has 0 amide bonds. The number of hydrogen-bond donors (Lipinski definition) is 0. The molecule has 0 aromatic heterocycles. The van der Waals surface area contributed by atoms with Gasteiger partial charge in [-0.15, -0.1) is 0 Å². The van der Waals surface area contributed by atoms with Crippen LogP contribution in [0.3, 0.4) is 0 Å². The van der Waals surface area contributed by atoms with Gasteiger partial charge in [-0.05, 0) is 153 Å². The van der Waals surface area contributed by atoms with E-state index in [-0.39, 0.29) is 0 Å². The van der Waals surface area contributed by atoms with Crippen LogP contribution in [0.15, 0.2) is 170 Å². The molecule has 366 valence electrons. The summed E-state index contributed by atoms with van der Waals surface area (Å²) in [4.78, 5) is 0. The van der Waals surface area contributed by atoms with Gasteiger partial charge in [0, 0.05) is 0 Å². The van der Waals surface area contributed by atoms with Crippen LogP contribution in [0.2, 0.25) is 0 Å². The lowest BCUT2D eigenvalue weighted by atomic mass is 10.0. The zero-order valence-corrected chi connectivity index (χ0v) is 44.8. The summed E-state index contributed by atoms with van der Waals surface area (Å²) in [5, 5.41) is 0. The second kappa shape index (κ2) is 38.0. The molecule has 0 saturated heterocycles. The predicted molar refractivity (Wildman–Crippen MR) is 299 cm³/mol. The Bertz CT molecular complexity index is 2140. The van der Waals surface area contributed by atoms with Gasteiger partial charge in [-0.25, -0.2) is 0 Å². The maximum absolute atomic E-state index is 5.36. The first-order valence-corrected chi connectivity index (χ1v) is 25.1. The summed E-state index contributed by atoms with van der Waals surface area (Å²) in [6, 6.07) is 58.7. The van der Waals surface area contributed by atoms with Crippen molar-refractivity contribution in [3.05, 3.63) is 231 Å². The number of benzene rings is 7. The Morgan fingerprint density at radius 3 is 0.941 bits per heavy atom. The summed E-state index contributed by atoms with van der Waals surface area (Å²) in [6.45, 7) is 31.5. The summed E-state index contributed by atoms with van der Waals surface area (Å²) in [6.07, 6.45) is 7.23. The molecule has 7 aromatic carbocycles. The lowest BCUT2D eigenvalue weighted by Crippen LogP contribution is -1.97. The highest BCUT2D eigenvalue weighted by Gasteiger charge is 2.01.